The van der Waals surface area contributed by atoms with Gasteiger partial charge in [0.25, 0.3) is 0 Å². The van der Waals surface area contributed by atoms with E-state index in [1.807, 2.05) is 23.5 Å². The number of aryl methyl sites for hydroxylation is 2. The molecular weight excluding hydrogens is 302 g/mol. The minimum Gasteiger partial charge on any atom is -0.497 e. The van der Waals surface area contributed by atoms with Crippen molar-refractivity contribution in [1.29, 1.82) is 0 Å². The molecule has 0 unspecified atom stereocenters. The fourth-order valence-electron chi connectivity index (χ4n) is 3.25. The van der Waals surface area contributed by atoms with Crippen molar-refractivity contribution in [3.8, 4) is 5.75 Å². The summed E-state index contributed by atoms with van der Waals surface area (Å²) in [6.07, 6.45) is 0.922. The highest BCUT2D eigenvalue weighted by Gasteiger charge is 2.11. The van der Waals surface area contributed by atoms with E-state index < -0.39 is 0 Å². The summed E-state index contributed by atoms with van der Waals surface area (Å²) in [7, 11) is 3.87. The van der Waals surface area contributed by atoms with Crippen molar-refractivity contribution in [2.24, 2.45) is 7.05 Å². The number of benzene rings is 2. The summed E-state index contributed by atoms with van der Waals surface area (Å²) in [6.45, 7) is 2.17. The molecule has 0 atom stereocenters. The van der Waals surface area contributed by atoms with Gasteiger partial charge in [0.15, 0.2) is 0 Å². The Morgan fingerprint density at radius 3 is 2.65 bits per heavy atom. The Morgan fingerprint density at radius 1 is 1.00 bits per heavy atom. The molecule has 4 rings (SSSR count). The smallest absolute Gasteiger partial charge is 0.119 e. The molecule has 0 aliphatic rings. The minimum absolute atomic E-state index is 0.915. The summed E-state index contributed by atoms with van der Waals surface area (Å²) >= 11 is 1.88. The van der Waals surface area contributed by atoms with E-state index >= 15 is 0 Å². The first-order valence-electron chi connectivity index (χ1n) is 7.76. The van der Waals surface area contributed by atoms with E-state index in [-0.39, 0.29) is 0 Å². The SMILES string of the molecule is COc1cccc(Cc2ccc3c4sc(C)cc4n(C)c3c2)c1. The first-order chi connectivity index (χ1) is 11.2. The van der Waals surface area contributed by atoms with E-state index in [1.54, 1.807) is 7.11 Å². The Morgan fingerprint density at radius 2 is 1.83 bits per heavy atom. The van der Waals surface area contributed by atoms with Gasteiger partial charge >= 0.3 is 0 Å². The van der Waals surface area contributed by atoms with Crippen LogP contribution in [0.5, 0.6) is 5.75 Å². The van der Waals surface area contributed by atoms with Crippen LogP contribution in [0.25, 0.3) is 21.1 Å². The largest absolute Gasteiger partial charge is 0.497 e. The van der Waals surface area contributed by atoms with Gasteiger partial charge in [0.1, 0.15) is 5.75 Å². The monoisotopic (exact) mass is 321 g/mol. The van der Waals surface area contributed by atoms with Gasteiger partial charge in [-0.25, -0.2) is 0 Å². The van der Waals surface area contributed by atoms with Crippen molar-refractivity contribution in [3.63, 3.8) is 0 Å². The number of thiophene rings is 1. The van der Waals surface area contributed by atoms with Gasteiger partial charge in [0, 0.05) is 22.8 Å². The van der Waals surface area contributed by atoms with Gasteiger partial charge in [0.05, 0.1) is 17.3 Å². The van der Waals surface area contributed by atoms with E-state index in [0.29, 0.717) is 0 Å². The van der Waals surface area contributed by atoms with Crippen LogP contribution in [0.15, 0.2) is 48.5 Å². The lowest BCUT2D eigenvalue weighted by Gasteiger charge is -2.06. The lowest BCUT2D eigenvalue weighted by atomic mass is 10.0. The van der Waals surface area contributed by atoms with Crippen molar-refractivity contribution >= 4 is 32.5 Å². The molecule has 0 radical (unpaired) electrons. The second-order valence-corrected chi connectivity index (χ2v) is 7.27. The highest BCUT2D eigenvalue weighted by atomic mass is 32.1. The molecular formula is C20H19NOS. The number of nitrogens with zero attached hydrogens (tertiary/aromatic N) is 1. The Bertz CT molecular complexity index is 1010. The molecule has 0 aliphatic heterocycles. The first-order valence-corrected chi connectivity index (χ1v) is 8.58. The molecule has 0 spiro atoms. The highest BCUT2D eigenvalue weighted by Crippen LogP contribution is 2.35. The normalized spacial score (nSPS) is 11.4. The van der Waals surface area contributed by atoms with Crippen molar-refractivity contribution in [2.45, 2.75) is 13.3 Å². The second-order valence-electron chi connectivity index (χ2n) is 6.01. The fourth-order valence-corrected chi connectivity index (χ4v) is 4.32. The third-order valence-corrected chi connectivity index (χ3v) is 5.48. The minimum atomic E-state index is 0.915. The van der Waals surface area contributed by atoms with E-state index in [0.717, 1.165) is 12.2 Å². The summed E-state index contributed by atoms with van der Waals surface area (Å²) in [4.78, 5) is 1.37. The number of ether oxygens (including phenoxy) is 1. The molecule has 2 aromatic carbocycles. The van der Waals surface area contributed by atoms with Crippen molar-refractivity contribution in [2.75, 3.05) is 7.11 Å². The zero-order chi connectivity index (χ0) is 16.0. The molecule has 0 amide bonds. The number of fused-ring (bicyclic) bond motifs is 3. The van der Waals surface area contributed by atoms with Crippen molar-refractivity contribution < 1.29 is 4.74 Å². The summed E-state index contributed by atoms with van der Waals surface area (Å²) < 4.78 is 9.02. The van der Waals surface area contributed by atoms with Crippen LogP contribution in [0, 0.1) is 6.92 Å². The second kappa shape index (κ2) is 5.43. The fraction of sp³-hybridized carbons (Fsp3) is 0.200. The summed E-state index contributed by atoms with van der Waals surface area (Å²) in [5.41, 5.74) is 5.25. The number of rotatable bonds is 3. The Kier molecular flexibility index (Phi) is 3.38. The molecule has 0 saturated heterocycles. The Labute approximate surface area is 139 Å². The average molecular weight is 321 g/mol. The summed E-state index contributed by atoms with van der Waals surface area (Å²) in [6, 6.07) is 17.4. The van der Waals surface area contributed by atoms with Crippen LogP contribution in [-0.4, -0.2) is 11.7 Å². The third kappa shape index (κ3) is 2.41. The topological polar surface area (TPSA) is 14.2 Å². The molecule has 0 aliphatic carbocycles. The average Bonchev–Trinajstić information content (AvgIpc) is 3.05. The number of hydrogen-bond acceptors (Lipinski definition) is 2. The first kappa shape index (κ1) is 14.3. The standard InChI is InChI=1S/C20H19NOS/c1-13-9-19-20(23-13)17-8-7-15(12-18(17)21(19)2)10-14-5-4-6-16(11-14)22-3/h4-9,11-12H,10H2,1-3H3. The predicted octanol–water partition coefficient (Wildman–Crippen LogP) is 5.30. The Hall–Kier alpha value is -2.26. The molecule has 4 aromatic rings. The molecule has 116 valence electrons. The van der Waals surface area contributed by atoms with Gasteiger partial charge in [-0.2, -0.15) is 0 Å². The van der Waals surface area contributed by atoms with Crippen LogP contribution in [-0.2, 0) is 13.5 Å². The zero-order valence-corrected chi connectivity index (χ0v) is 14.4. The van der Waals surface area contributed by atoms with Crippen LogP contribution >= 0.6 is 11.3 Å². The molecule has 0 bridgehead atoms. The van der Waals surface area contributed by atoms with Crippen molar-refractivity contribution in [3.05, 3.63) is 64.5 Å². The maximum absolute atomic E-state index is 5.32. The number of methoxy groups -OCH3 is 1. The molecule has 0 fully saturated rings. The van der Waals surface area contributed by atoms with Crippen LogP contribution in [0.4, 0.5) is 0 Å². The summed E-state index contributed by atoms with van der Waals surface area (Å²) in [5, 5.41) is 1.36. The maximum Gasteiger partial charge on any atom is 0.119 e. The van der Waals surface area contributed by atoms with E-state index in [9.17, 15) is 0 Å². The van der Waals surface area contributed by atoms with E-state index in [2.05, 4.69) is 54.9 Å². The molecule has 0 saturated carbocycles. The van der Waals surface area contributed by atoms with Gasteiger partial charge in [-0.3, -0.25) is 0 Å². The molecule has 2 aromatic heterocycles. The van der Waals surface area contributed by atoms with Gasteiger partial charge in [-0.05, 0) is 48.7 Å². The van der Waals surface area contributed by atoms with Gasteiger partial charge in [-0.1, -0.05) is 24.3 Å². The van der Waals surface area contributed by atoms with Crippen molar-refractivity contribution in [1.82, 2.24) is 4.57 Å². The predicted molar refractivity (Wildman–Crippen MR) is 98.8 cm³/mol. The van der Waals surface area contributed by atoms with E-state index in [4.69, 9.17) is 4.74 Å². The summed E-state index contributed by atoms with van der Waals surface area (Å²) in [5.74, 6) is 0.915. The van der Waals surface area contributed by atoms with E-state index in [1.165, 1.54) is 37.1 Å². The molecule has 2 nitrogen and oxygen atoms in total. The molecule has 0 N–H and O–H groups in total. The highest BCUT2D eigenvalue weighted by molar-refractivity contribution is 7.20. The van der Waals surface area contributed by atoms with Crippen LogP contribution in [0.1, 0.15) is 16.0 Å². The van der Waals surface area contributed by atoms with Crippen LogP contribution in [0.2, 0.25) is 0 Å². The quantitative estimate of drug-likeness (QED) is 0.499. The lowest BCUT2D eigenvalue weighted by molar-refractivity contribution is 0.414. The molecule has 2 heterocycles. The van der Waals surface area contributed by atoms with Crippen LogP contribution in [0.3, 0.4) is 0 Å². The molecule has 3 heteroatoms. The van der Waals surface area contributed by atoms with Gasteiger partial charge < -0.3 is 9.30 Å². The zero-order valence-electron chi connectivity index (χ0n) is 13.6. The lowest BCUT2D eigenvalue weighted by Crippen LogP contribution is -1.92. The maximum atomic E-state index is 5.32. The number of hydrogen-bond donors (Lipinski definition) is 0. The van der Waals surface area contributed by atoms with Gasteiger partial charge in [-0.15, -0.1) is 11.3 Å². The van der Waals surface area contributed by atoms with Gasteiger partial charge in [0.2, 0.25) is 0 Å². The number of aromatic nitrogens is 1. The Balaban J connectivity index is 1.77. The third-order valence-electron chi connectivity index (χ3n) is 4.41. The molecule has 23 heavy (non-hydrogen) atoms. The van der Waals surface area contributed by atoms with Crippen LogP contribution < -0.4 is 4.74 Å².